The quantitative estimate of drug-likeness (QED) is 0.805. The fraction of sp³-hybridized carbons (Fsp3) is 0.923. The molecular weight excluding hydrogens is 216 g/mol. The molecule has 2 rings (SSSR count). The predicted molar refractivity (Wildman–Crippen MR) is 66.9 cm³/mol. The summed E-state index contributed by atoms with van der Waals surface area (Å²) in [5.41, 5.74) is 0. The molecule has 1 saturated carbocycles. The topological polar surface area (TPSA) is 41.6 Å². The van der Waals surface area contributed by atoms with Crippen molar-refractivity contribution < 1.29 is 9.53 Å². The normalized spacial score (nSPS) is 25.5. The lowest BCUT2D eigenvalue weighted by molar-refractivity contribution is -0.126. The van der Waals surface area contributed by atoms with Crippen molar-refractivity contribution in [2.24, 2.45) is 0 Å². The lowest BCUT2D eigenvalue weighted by Gasteiger charge is -2.27. The first-order valence-electron chi connectivity index (χ1n) is 6.89. The Kier molecular flexibility index (Phi) is 4.80. The van der Waals surface area contributed by atoms with E-state index in [4.69, 9.17) is 4.74 Å². The zero-order valence-electron chi connectivity index (χ0n) is 10.8. The number of hydrogen-bond acceptors (Lipinski definition) is 3. The summed E-state index contributed by atoms with van der Waals surface area (Å²) in [7, 11) is 0. The largest absolute Gasteiger partial charge is 0.380 e. The maximum atomic E-state index is 12.1. The number of nitrogens with one attached hydrogen (secondary N) is 1. The number of carbonyl (C=O) groups excluding carboxylic acids is 1. The van der Waals surface area contributed by atoms with Crippen molar-refractivity contribution in [1.82, 2.24) is 10.2 Å². The highest BCUT2D eigenvalue weighted by Gasteiger charge is 2.25. The minimum absolute atomic E-state index is 0.0164. The molecule has 4 heteroatoms. The second-order valence-corrected chi connectivity index (χ2v) is 5.17. The van der Waals surface area contributed by atoms with Gasteiger partial charge in [-0.05, 0) is 26.2 Å². The van der Waals surface area contributed by atoms with Crippen molar-refractivity contribution in [3.63, 3.8) is 0 Å². The van der Waals surface area contributed by atoms with Gasteiger partial charge in [0.05, 0.1) is 12.6 Å². The average Bonchev–Trinajstić information content (AvgIpc) is 2.68. The van der Waals surface area contributed by atoms with E-state index >= 15 is 0 Å². The molecule has 0 spiro atoms. The van der Waals surface area contributed by atoms with Gasteiger partial charge in [0, 0.05) is 25.7 Å². The van der Waals surface area contributed by atoms with Crippen molar-refractivity contribution in [2.45, 2.75) is 51.1 Å². The summed E-state index contributed by atoms with van der Waals surface area (Å²) in [5.74, 6) is 0.193. The lowest BCUT2D eigenvalue weighted by Crippen LogP contribution is -2.48. The molecule has 1 heterocycles. The van der Waals surface area contributed by atoms with Crippen LogP contribution < -0.4 is 5.32 Å². The van der Waals surface area contributed by atoms with Gasteiger partial charge < -0.3 is 10.1 Å². The van der Waals surface area contributed by atoms with Crippen molar-refractivity contribution in [2.75, 3.05) is 26.3 Å². The summed E-state index contributed by atoms with van der Waals surface area (Å²) in [6.07, 6.45) is 5.86. The third-order valence-corrected chi connectivity index (χ3v) is 3.89. The molecule has 1 aliphatic carbocycles. The van der Waals surface area contributed by atoms with Crippen LogP contribution in [0.3, 0.4) is 0 Å². The average molecular weight is 240 g/mol. The van der Waals surface area contributed by atoms with Crippen LogP contribution in [0.15, 0.2) is 0 Å². The zero-order chi connectivity index (χ0) is 12.1. The van der Waals surface area contributed by atoms with Gasteiger partial charge in [0.25, 0.3) is 0 Å². The highest BCUT2D eigenvalue weighted by Crippen LogP contribution is 2.18. The molecule has 0 aromatic carbocycles. The Morgan fingerprint density at radius 2 is 2.00 bits per heavy atom. The summed E-state index contributed by atoms with van der Waals surface area (Å²) >= 11 is 0. The minimum Gasteiger partial charge on any atom is -0.380 e. The van der Waals surface area contributed by atoms with E-state index in [2.05, 4.69) is 10.2 Å². The second-order valence-electron chi connectivity index (χ2n) is 5.17. The molecule has 0 aromatic heterocycles. The molecule has 2 aliphatic rings. The van der Waals surface area contributed by atoms with Crippen LogP contribution in [-0.2, 0) is 9.53 Å². The summed E-state index contributed by atoms with van der Waals surface area (Å²) in [4.78, 5) is 14.4. The van der Waals surface area contributed by atoms with Gasteiger partial charge in [0.2, 0.25) is 5.91 Å². The van der Waals surface area contributed by atoms with E-state index in [0.29, 0.717) is 6.04 Å². The van der Waals surface area contributed by atoms with Crippen LogP contribution in [-0.4, -0.2) is 49.2 Å². The highest BCUT2D eigenvalue weighted by atomic mass is 16.5. The summed E-state index contributed by atoms with van der Waals surface area (Å²) in [5, 5.41) is 3.17. The Morgan fingerprint density at radius 3 is 2.76 bits per heavy atom. The maximum absolute atomic E-state index is 12.1. The summed E-state index contributed by atoms with van der Waals surface area (Å²) in [6.45, 7) is 5.43. The van der Waals surface area contributed by atoms with Crippen LogP contribution in [0.25, 0.3) is 0 Å². The molecule has 17 heavy (non-hydrogen) atoms. The Bertz CT molecular complexity index is 244. The van der Waals surface area contributed by atoms with Gasteiger partial charge in [-0.1, -0.05) is 12.8 Å². The Morgan fingerprint density at radius 1 is 1.24 bits per heavy atom. The number of carbonyl (C=O) groups is 1. The molecule has 1 amide bonds. The molecule has 1 aliphatic heterocycles. The zero-order valence-corrected chi connectivity index (χ0v) is 10.8. The minimum atomic E-state index is -0.0164. The molecule has 1 atom stereocenters. The van der Waals surface area contributed by atoms with Crippen LogP contribution >= 0.6 is 0 Å². The SMILES string of the molecule is C[C@H](C(=O)NC1CCCC1)N1CCCOCC1. The molecule has 1 N–H and O–H groups in total. The van der Waals surface area contributed by atoms with E-state index < -0.39 is 0 Å². The molecule has 0 radical (unpaired) electrons. The van der Waals surface area contributed by atoms with Crippen molar-refractivity contribution in [3.8, 4) is 0 Å². The Labute approximate surface area is 104 Å². The van der Waals surface area contributed by atoms with Crippen molar-refractivity contribution >= 4 is 5.91 Å². The van der Waals surface area contributed by atoms with Crippen molar-refractivity contribution in [3.05, 3.63) is 0 Å². The van der Waals surface area contributed by atoms with Crippen LogP contribution in [0.1, 0.15) is 39.0 Å². The molecule has 0 aromatic rings. The third-order valence-electron chi connectivity index (χ3n) is 3.89. The van der Waals surface area contributed by atoms with Gasteiger partial charge in [-0.2, -0.15) is 0 Å². The number of amides is 1. The van der Waals surface area contributed by atoms with Gasteiger partial charge in [0.1, 0.15) is 0 Å². The monoisotopic (exact) mass is 240 g/mol. The lowest BCUT2D eigenvalue weighted by atomic mass is 10.2. The molecule has 1 saturated heterocycles. The van der Waals surface area contributed by atoms with Crippen LogP contribution in [0, 0.1) is 0 Å². The van der Waals surface area contributed by atoms with E-state index in [1.54, 1.807) is 0 Å². The van der Waals surface area contributed by atoms with Crippen LogP contribution in [0.2, 0.25) is 0 Å². The fourth-order valence-corrected chi connectivity index (χ4v) is 2.71. The molecule has 2 fully saturated rings. The van der Waals surface area contributed by atoms with Gasteiger partial charge in [-0.3, -0.25) is 9.69 Å². The van der Waals surface area contributed by atoms with Crippen molar-refractivity contribution in [1.29, 1.82) is 0 Å². The highest BCUT2D eigenvalue weighted by molar-refractivity contribution is 5.81. The van der Waals surface area contributed by atoms with E-state index in [1.807, 2.05) is 6.92 Å². The summed E-state index contributed by atoms with van der Waals surface area (Å²) < 4.78 is 5.41. The fourth-order valence-electron chi connectivity index (χ4n) is 2.71. The third kappa shape index (κ3) is 3.68. The molecule has 4 nitrogen and oxygen atoms in total. The van der Waals surface area contributed by atoms with Gasteiger partial charge in [-0.15, -0.1) is 0 Å². The molecule has 0 bridgehead atoms. The maximum Gasteiger partial charge on any atom is 0.237 e. The van der Waals surface area contributed by atoms with Gasteiger partial charge in [-0.25, -0.2) is 0 Å². The van der Waals surface area contributed by atoms with E-state index in [1.165, 1.54) is 12.8 Å². The standard InChI is InChI=1S/C13H24N2O2/c1-11(15-7-4-9-17-10-8-15)13(16)14-12-5-2-3-6-12/h11-12H,2-10H2,1H3,(H,14,16)/t11-/m1/s1. The van der Waals surface area contributed by atoms with Gasteiger partial charge in [0.15, 0.2) is 0 Å². The van der Waals surface area contributed by atoms with Crippen LogP contribution in [0.5, 0.6) is 0 Å². The summed E-state index contributed by atoms with van der Waals surface area (Å²) in [6, 6.07) is 0.408. The first-order chi connectivity index (χ1) is 8.27. The molecule has 0 unspecified atom stereocenters. The van der Waals surface area contributed by atoms with Crippen LogP contribution in [0.4, 0.5) is 0 Å². The van der Waals surface area contributed by atoms with Gasteiger partial charge >= 0.3 is 0 Å². The number of ether oxygens (including phenoxy) is 1. The smallest absolute Gasteiger partial charge is 0.237 e. The first kappa shape index (κ1) is 12.8. The number of hydrogen-bond donors (Lipinski definition) is 1. The first-order valence-corrected chi connectivity index (χ1v) is 6.89. The number of nitrogens with zero attached hydrogens (tertiary/aromatic N) is 1. The van der Waals surface area contributed by atoms with E-state index in [9.17, 15) is 4.79 Å². The number of rotatable bonds is 3. The predicted octanol–water partition coefficient (Wildman–Crippen LogP) is 1.16. The second kappa shape index (κ2) is 6.36. The Balaban J connectivity index is 1.80. The van der Waals surface area contributed by atoms with E-state index in [-0.39, 0.29) is 11.9 Å². The molecule has 98 valence electrons. The van der Waals surface area contributed by atoms with E-state index in [0.717, 1.165) is 45.6 Å². The molecular formula is C13H24N2O2. The Hall–Kier alpha value is -0.610.